The zero-order chi connectivity index (χ0) is 10.7. The van der Waals surface area contributed by atoms with Crippen molar-refractivity contribution < 1.29 is 0 Å². The minimum absolute atomic E-state index is 1.12. The smallest absolute Gasteiger partial charge is 0.153 e. The number of hydrogen-bond acceptors (Lipinski definition) is 1. The number of rotatable bonds is 3. The first-order valence-corrected chi connectivity index (χ1v) is 8.95. The van der Waals surface area contributed by atoms with Gasteiger partial charge in [0.05, 0.1) is 0 Å². The Labute approximate surface area is 94.2 Å². The van der Waals surface area contributed by atoms with Crippen LogP contribution in [0.25, 0.3) is 0 Å². The molecule has 0 bridgehead atoms. The summed E-state index contributed by atoms with van der Waals surface area (Å²) in [5, 5.41) is 0. The van der Waals surface area contributed by atoms with Gasteiger partial charge >= 0.3 is 0 Å². The Kier molecular flexibility index (Phi) is 3.15. The van der Waals surface area contributed by atoms with E-state index in [1.807, 2.05) is 0 Å². The van der Waals surface area contributed by atoms with Crippen molar-refractivity contribution in [2.75, 3.05) is 11.1 Å². The van der Waals surface area contributed by atoms with Crippen molar-refractivity contribution in [1.29, 1.82) is 0 Å². The predicted octanol–water partition coefficient (Wildman–Crippen LogP) is 3.88. The van der Waals surface area contributed by atoms with Gasteiger partial charge in [-0.3, -0.25) is 0 Å². The van der Waals surface area contributed by atoms with Crippen LogP contribution < -0.4 is 4.57 Å². The molecule has 1 saturated heterocycles. The fraction of sp³-hybridized carbons (Fsp3) is 0.538. The highest BCUT2D eigenvalue weighted by Crippen LogP contribution is 2.35. The van der Waals surface area contributed by atoms with Gasteiger partial charge in [0.2, 0.25) is 0 Å². The zero-order valence-electron chi connectivity index (χ0n) is 9.87. The Morgan fingerprint density at radius 1 is 1.13 bits per heavy atom. The quantitative estimate of drug-likeness (QED) is 0.697. The Hall–Kier alpha value is -0.763. The SMILES string of the molecule is CCN(c1ccccc1)[Si]1(C)CCCC1. The van der Waals surface area contributed by atoms with Crippen molar-refractivity contribution in [2.45, 2.75) is 38.4 Å². The van der Waals surface area contributed by atoms with E-state index >= 15 is 0 Å². The van der Waals surface area contributed by atoms with Crippen molar-refractivity contribution >= 4 is 13.9 Å². The summed E-state index contributed by atoms with van der Waals surface area (Å²) in [5.41, 5.74) is 1.44. The summed E-state index contributed by atoms with van der Waals surface area (Å²) in [4.78, 5) is 0. The first-order valence-electron chi connectivity index (χ1n) is 6.09. The number of nitrogens with zero attached hydrogens (tertiary/aromatic N) is 1. The van der Waals surface area contributed by atoms with E-state index in [2.05, 4.69) is 48.4 Å². The van der Waals surface area contributed by atoms with Gasteiger partial charge in [-0.05, 0) is 31.1 Å². The standard InChI is InChI=1S/C13H21NSi/c1-3-14(13-9-5-4-6-10-13)15(2)11-7-8-12-15/h4-6,9-10H,3,7-8,11-12H2,1-2H3. The van der Waals surface area contributed by atoms with Crippen molar-refractivity contribution in [3.63, 3.8) is 0 Å². The van der Waals surface area contributed by atoms with Crippen molar-refractivity contribution in [1.82, 2.24) is 0 Å². The Balaban J connectivity index is 2.24. The monoisotopic (exact) mass is 219 g/mol. The molecular formula is C13H21NSi. The molecular weight excluding hydrogens is 198 g/mol. The zero-order valence-corrected chi connectivity index (χ0v) is 10.9. The molecule has 1 nitrogen and oxygen atoms in total. The number of benzene rings is 1. The van der Waals surface area contributed by atoms with Crippen LogP contribution in [0.1, 0.15) is 19.8 Å². The lowest BCUT2D eigenvalue weighted by Crippen LogP contribution is -2.49. The highest BCUT2D eigenvalue weighted by Gasteiger charge is 2.37. The van der Waals surface area contributed by atoms with Gasteiger partial charge in [-0.2, -0.15) is 0 Å². The molecule has 2 heteroatoms. The van der Waals surface area contributed by atoms with Crippen molar-refractivity contribution in [3.05, 3.63) is 30.3 Å². The summed E-state index contributed by atoms with van der Waals surface area (Å²) < 4.78 is 2.71. The fourth-order valence-electron chi connectivity index (χ4n) is 2.89. The first kappa shape index (κ1) is 10.7. The third kappa shape index (κ3) is 2.10. The molecule has 0 aliphatic carbocycles. The second-order valence-corrected chi connectivity index (χ2v) is 9.32. The molecule has 0 aromatic heterocycles. The van der Waals surface area contributed by atoms with Gasteiger partial charge in [0.1, 0.15) is 0 Å². The maximum atomic E-state index is 2.71. The van der Waals surface area contributed by atoms with Crippen LogP contribution in [0, 0.1) is 0 Å². The third-order valence-corrected chi connectivity index (χ3v) is 8.46. The molecule has 0 atom stereocenters. The largest absolute Gasteiger partial charge is 0.398 e. The van der Waals surface area contributed by atoms with Crippen LogP contribution in [0.15, 0.2) is 30.3 Å². The van der Waals surface area contributed by atoms with Crippen LogP contribution in [0.4, 0.5) is 5.69 Å². The molecule has 2 rings (SSSR count). The molecule has 1 aromatic rings. The summed E-state index contributed by atoms with van der Waals surface area (Å²) in [6, 6.07) is 13.9. The van der Waals surface area contributed by atoms with E-state index in [1.54, 1.807) is 0 Å². The van der Waals surface area contributed by atoms with E-state index in [0.29, 0.717) is 0 Å². The van der Waals surface area contributed by atoms with Gasteiger partial charge in [0.15, 0.2) is 8.24 Å². The molecule has 1 heterocycles. The molecule has 15 heavy (non-hydrogen) atoms. The molecule has 0 amide bonds. The number of para-hydroxylation sites is 1. The van der Waals surface area contributed by atoms with E-state index in [0.717, 1.165) is 0 Å². The second-order valence-electron chi connectivity index (χ2n) is 4.78. The van der Waals surface area contributed by atoms with E-state index in [9.17, 15) is 0 Å². The number of anilines is 1. The van der Waals surface area contributed by atoms with E-state index in [4.69, 9.17) is 0 Å². The molecule has 82 valence electrons. The highest BCUT2D eigenvalue weighted by atomic mass is 28.3. The van der Waals surface area contributed by atoms with Crippen LogP contribution in [0.3, 0.4) is 0 Å². The van der Waals surface area contributed by atoms with Gasteiger partial charge in [-0.1, -0.05) is 37.6 Å². The summed E-state index contributed by atoms with van der Waals surface area (Å²) >= 11 is 0. The van der Waals surface area contributed by atoms with E-state index in [-0.39, 0.29) is 0 Å². The average Bonchev–Trinajstić information content (AvgIpc) is 2.68. The fourth-order valence-corrected chi connectivity index (χ4v) is 7.24. The Morgan fingerprint density at radius 2 is 1.73 bits per heavy atom. The van der Waals surface area contributed by atoms with Crippen LogP contribution in [0.5, 0.6) is 0 Å². The van der Waals surface area contributed by atoms with Gasteiger partial charge in [0, 0.05) is 12.2 Å². The molecule has 0 saturated carbocycles. The lowest BCUT2D eigenvalue weighted by Gasteiger charge is -2.38. The molecule has 1 aliphatic rings. The van der Waals surface area contributed by atoms with Crippen LogP contribution in [-0.2, 0) is 0 Å². The van der Waals surface area contributed by atoms with Crippen molar-refractivity contribution in [3.8, 4) is 0 Å². The van der Waals surface area contributed by atoms with Crippen molar-refractivity contribution in [2.24, 2.45) is 0 Å². The van der Waals surface area contributed by atoms with Gasteiger partial charge in [-0.15, -0.1) is 0 Å². The van der Waals surface area contributed by atoms with Crippen LogP contribution in [0.2, 0.25) is 18.6 Å². The maximum absolute atomic E-state index is 2.71. The van der Waals surface area contributed by atoms with E-state index < -0.39 is 8.24 Å². The molecule has 1 aliphatic heterocycles. The molecule has 0 spiro atoms. The van der Waals surface area contributed by atoms with Gasteiger partial charge < -0.3 is 4.57 Å². The molecule has 0 radical (unpaired) electrons. The Morgan fingerprint density at radius 3 is 2.27 bits per heavy atom. The van der Waals surface area contributed by atoms with E-state index in [1.165, 1.54) is 37.2 Å². The minimum Gasteiger partial charge on any atom is -0.398 e. The second kappa shape index (κ2) is 4.39. The molecule has 1 fully saturated rings. The van der Waals surface area contributed by atoms with Crippen LogP contribution in [-0.4, -0.2) is 14.8 Å². The summed E-state index contributed by atoms with van der Waals surface area (Å²) in [7, 11) is -1.12. The predicted molar refractivity (Wildman–Crippen MR) is 69.9 cm³/mol. The Bertz CT molecular complexity index is 304. The first-order chi connectivity index (χ1) is 7.26. The topological polar surface area (TPSA) is 3.24 Å². The molecule has 0 unspecified atom stereocenters. The van der Waals surface area contributed by atoms with Crippen LogP contribution >= 0.6 is 0 Å². The lowest BCUT2D eigenvalue weighted by atomic mass is 10.3. The minimum atomic E-state index is -1.12. The normalized spacial score (nSPS) is 19.1. The average molecular weight is 219 g/mol. The summed E-state index contributed by atoms with van der Waals surface area (Å²) in [6.07, 6.45) is 2.90. The third-order valence-electron chi connectivity index (χ3n) is 3.72. The lowest BCUT2D eigenvalue weighted by molar-refractivity contribution is 0.935. The highest BCUT2D eigenvalue weighted by molar-refractivity contribution is 6.82. The van der Waals surface area contributed by atoms with Gasteiger partial charge in [-0.25, -0.2) is 0 Å². The maximum Gasteiger partial charge on any atom is 0.153 e. The number of hydrogen-bond donors (Lipinski definition) is 0. The molecule has 1 aromatic carbocycles. The van der Waals surface area contributed by atoms with Gasteiger partial charge in [0.25, 0.3) is 0 Å². The molecule has 0 N–H and O–H groups in total. The summed E-state index contributed by atoms with van der Waals surface area (Å²) in [6.45, 7) is 6.02. The summed E-state index contributed by atoms with van der Waals surface area (Å²) in [5.74, 6) is 0.